The van der Waals surface area contributed by atoms with E-state index in [1.807, 2.05) is 6.92 Å². The lowest BCUT2D eigenvalue weighted by atomic mass is 9.95. The van der Waals surface area contributed by atoms with Gasteiger partial charge in [0.1, 0.15) is 54.9 Å². The van der Waals surface area contributed by atoms with Crippen LogP contribution in [-0.2, 0) is 66.5 Å². The van der Waals surface area contributed by atoms with Crippen molar-refractivity contribution in [3.05, 3.63) is 0 Å². The number of carbonyl (C=O) groups is 3. The summed E-state index contributed by atoms with van der Waals surface area (Å²) >= 11 is 0. The van der Waals surface area contributed by atoms with E-state index in [-0.39, 0.29) is 12.5 Å². The van der Waals surface area contributed by atoms with Crippen LogP contribution in [0.25, 0.3) is 0 Å². The summed E-state index contributed by atoms with van der Waals surface area (Å²) in [6.07, 6.45) is -16.8. The van der Waals surface area contributed by atoms with Crippen molar-refractivity contribution in [2.75, 3.05) is 0 Å². The standard InChI is InChI=1S/C50H86O20/c1-10-13-19-22-31-23-20-17-15-14-16-18-21-24-32(51)65-44-37(56)40(29(8)63-50(44)70-43-34(53)33(52)27(6)60-49(43)64-31)68-48-38(57)42(67-46(59)26(5)12-3)41(30(9)62-48)69-47-36(55)35(54)39(28(7)61-47)66-45(58)25(4)11-2/h25-31,33-44,47-50,52-57H,10-24H2,1-9H3/t25-,26-,27+,28-,29-,30-,31-,33-,34-,35-,36+,37+,38+,39-,40-,41-,42-,43+,44+,47-,48-,49-,50-/m0/s1. The molecule has 0 unspecified atom stereocenters. The Kier molecular flexibility index (Phi) is 23.4. The minimum Gasteiger partial charge on any atom is -0.457 e. The summed E-state index contributed by atoms with van der Waals surface area (Å²) < 4.78 is 67.5. The second-order valence-corrected chi connectivity index (χ2v) is 20.2. The SMILES string of the molecule is CCCCC[C@H]1CCCCCCCCCC(=O)O[C@H]2[C@H](O[C@H]3[C@H](O1)O[C@H](C)[C@H](O)[C@@H]3O)O[C@@H](C)[C@H](O[C@@H]1O[C@@H](C)[C@H](O[C@@H]3O[C@@H](C)[C@H](OC(=O)[C@@H](C)CC)[C@@H](O)[C@H]3O)[C@@H](OC(=O)[C@@H](C)CC)[C@H]1O)[C@H]2O. The molecule has 0 aromatic rings. The summed E-state index contributed by atoms with van der Waals surface area (Å²) in [7, 11) is 0. The van der Waals surface area contributed by atoms with E-state index >= 15 is 0 Å². The smallest absolute Gasteiger partial charge is 0.309 e. The third-order valence-electron chi connectivity index (χ3n) is 14.6. The van der Waals surface area contributed by atoms with Crippen LogP contribution in [0.3, 0.4) is 0 Å². The second kappa shape index (κ2) is 27.9. The van der Waals surface area contributed by atoms with Crippen molar-refractivity contribution < 1.29 is 97.1 Å². The largest absolute Gasteiger partial charge is 0.457 e. The first kappa shape index (κ1) is 58.7. The Labute approximate surface area is 413 Å². The molecule has 5 aliphatic rings. The van der Waals surface area contributed by atoms with Crippen LogP contribution in [0.2, 0.25) is 0 Å². The minimum atomic E-state index is -1.82. The van der Waals surface area contributed by atoms with E-state index in [1.165, 1.54) is 13.8 Å². The van der Waals surface area contributed by atoms with Crippen molar-refractivity contribution >= 4 is 17.9 Å². The predicted octanol–water partition coefficient (Wildman–Crippen LogP) is 3.60. The molecule has 20 heteroatoms. The van der Waals surface area contributed by atoms with Crippen LogP contribution in [0.15, 0.2) is 0 Å². The number of aliphatic hydroxyl groups is 6. The summed E-state index contributed by atoms with van der Waals surface area (Å²) in [5.41, 5.74) is 0. The summed E-state index contributed by atoms with van der Waals surface area (Å²) in [5.74, 6) is -3.00. The lowest BCUT2D eigenvalue weighted by Gasteiger charge is -2.49. The third kappa shape index (κ3) is 15.2. The maximum Gasteiger partial charge on any atom is 0.309 e. The highest BCUT2D eigenvalue weighted by atomic mass is 16.8. The molecule has 0 aliphatic carbocycles. The maximum absolute atomic E-state index is 13.5. The van der Waals surface area contributed by atoms with Gasteiger partial charge in [0.15, 0.2) is 43.5 Å². The van der Waals surface area contributed by atoms with Gasteiger partial charge in [-0.25, -0.2) is 0 Å². The molecule has 0 amide bonds. The lowest BCUT2D eigenvalue weighted by molar-refractivity contribution is -0.387. The highest BCUT2D eigenvalue weighted by Gasteiger charge is 2.56. The Morgan fingerprint density at radius 1 is 0.543 bits per heavy atom. The molecule has 5 rings (SSSR count). The number of hydrogen-bond donors (Lipinski definition) is 6. The number of unbranched alkanes of at least 4 members (excludes halogenated alkanes) is 2. The molecule has 5 saturated heterocycles. The molecule has 0 saturated carbocycles. The van der Waals surface area contributed by atoms with Gasteiger partial charge in [-0.15, -0.1) is 0 Å². The number of fused-ring (bicyclic) bond motifs is 2. The summed E-state index contributed by atoms with van der Waals surface area (Å²) in [6, 6.07) is 0. The van der Waals surface area contributed by atoms with Crippen LogP contribution in [0.1, 0.15) is 159 Å². The van der Waals surface area contributed by atoms with Gasteiger partial charge in [-0.1, -0.05) is 92.4 Å². The van der Waals surface area contributed by atoms with Crippen LogP contribution in [0, 0.1) is 11.8 Å². The van der Waals surface area contributed by atoms with Crippen molar-refractivity contribution in [2.45, 2.75) is 288 Å². The number of carbonyl (C=O) groups excluding carboxylic acids is 3. The zero-order chi connectivity index (χ0) is 51.4. The molecule has 0 aromatic carbocycles. The Balaban J connectivity index is 1.39. The molecule has 5 aliphatic heterocycles. The predicted molar refractivity (Wildman–Crippen MR) is 247 cm³/mol. The zero-order valence-corrected chi connectivity index (χ0v) is 42.8. The molecule has 406 valence electrons. The molecule has 20 nitrogen and oxygen atoms in total. The van der Waals surface area contributed by atoms with Gasteiger partial charge >= 0.3 is 17.9 Å². The topological polar surface area (TPSA) is 274 Å². The minimum absolute atomic E-state index is 0.0270. The second-order valence-electron chi connectivity index (χ2n) is 20.2. The number of esters is 3. The van der Waals surface area contributed by atoms with E-state index in [0.29, 0.717) is 19.3 Å². The molecule has 0 bridgehead atoms. The number of hydrogen-bond acceptors (Lipinski definition) is 20. The highest BCUT2D eigenvalue weighted by Crippen LogP contribution is 2.37. The van der Waals surface area contributed by atoms with Gasteiger partial charge in [-0.3, -0.25) is 14.4 Å². The lowest BCUT2D eigenvalue weighted by Crippen LogP contribution is -2.67. The fourth-order valence-electron chi connectivity index (χ4n) is 9.51. The van der Waals surface area contributed by atoms with E-state index in [1.54, 1.807) is 34.6 Å². The zero-order valence-electron chi connectivity index (χ0n) is 42.8. The first-order valence-corrected chi connectivity index (χ1v) is 26.2. The molecular formula is C50H86O20. The Morgan fingerprint density at radius 3 is 1.70 bits per heavy atom. The van der Waals surface area contributed by atoms with Crippen LogP contribution in [-0.4, -0.2) is 177 Å². The molecule has 5 heterocycles. The molecular weight excluding hydrogens is 921 g/mol. The van der Waals surface area contributed by atoms with E-state index in [9.17, 15) is 45.0 Å². The van der Waals surface area contributed by atoms with Gasteiger partial charge in [-0.2, -0.15) is 0 Å². The van der Waals surface area contributed by atoms with Crippen molar-refractivity contribution in [1.29, 1.82) is 0 Å². The normalized spacial score (nSPS) is 42.7. The quantitative estimate of drug-likeness (QED) is 0.0824. The third-order valence-corrected chi connectivity index (χ3v) is 14.6. The number of ether oxygens (including phenoxy) is 11. The average Bonchev–Trinajstić information content (AvgIpc) is 3.33. The van der Waals surface area contributed by atoms with Crippen molar-refractivity contribution in [1.82, 2.24) is 0 Å². The Morgan fingerprint density at radius 2 is 1.07 bits per heavy atom. The number of aliphatic hydroxyl groups excluding tert-OH is 6. The van der Waals surface area contributed by atoms with Gasteiger partial charge in [0.2, 0.25) is 0 Å². The molecule has 0 aromatic heterocycles. The van der Waals surface area contributed by atoms with Crippen LogP contribution in [0.4, 0.5) is 0 Å². The van der Waals surface area contributed by atoms with Gasteiger partial charge < -0.3 is 82.7 Å². The van der Waals surface area contributed by atoms with Crippen LogP contribution < -0.4 is 0 Å². The van der Waals surface area contributed by atoms with E-state index in [4.69, 9.17) is 52.1 Å². The molecule has 70 heavy (non-hydrogen) atoms. The first-order chi connectivity index (χ1) is 33.3. The average molecular weight is 1010 g/mol. The Hall–Kier alpha value is -2.15. The maximum atomic E-state index is 13.5. The number of rotatable bonds is 14. The van der Waals surface area contributed by atoms with Gasteiger partial charge in [-0.05, 0) is 59.8 Å². The van der Waals surface area contributed by atoms with Crippen LogP contribution in [0.5, 0.6) is 0 Å². The van der Waals surface area contributed by atoms with Gasteiger partial charge in [0.25, 0.3) is 0 Å². The van der Waals surface area contributed by atoms with Crippen molar-refractivity contribution in [2.24, 2.45) is 11.8 Å². The summed E-state index contributed by atoms with van der Waals surface area (Å²) in [4.78, 5) is 39.6. The van der Waals surface area contributed by atoms with Crippen LogP contribution >= 0.6 is 0 Å². The molecule has 5 fully saturated rings. The summed E-state index contributed by atoms with van der Waals surface area (Å²) in [6.45, 7) is 15.3. The highest BCUT2D eigenvalue weighted by molar-refractivity contribution is 5.72. The Bertz CT molecular complexity index is 1590. The fourth-order valence-corrected chi connectivity index (χ4v) is 9.51. The van der Waals surface area contributed by atoms with Crippen molar-refractivity contribution in [3.8, 4) is 0 Å². The molecule has 6 N–H and O–H groups in total. The summed E-state index contributed by atoms with van der Waals surface area (Å²) in [5, 5.41) is 69.2. The van der Waals surface area contributed by atoms with E-state index in [0.717, 1.165) is 70.6 Å². The van der Waals surface area contributed by atoms with Gasteiger partial charge in [0, 0.05) is 6.42 Å². The first-order valence-electron chi connectivity index (χ1n) is 26.2. The monoisotopic (exact) mass is 1010 g/mol. The van der Waals surface area contributed by atoms with Crippen molar-refractivity contribution in [3.63, 3.8) is 0 Å². The van der Waals surface area contributed by atoms with Gasteiger partial charge in [0.05, 0.1) is 42.4 Å². The molecule has 23 atom stereocenters. The van der Waals surface area contributed by atoms with E-state index in [2.05, 4.69) is 6.92 Å². The molecule has 0 spiro atoms. The fraction of sp³-hybridized carbons (Fsp3) is 0.940. The van der Waals surface area contributed by atoms with E-state index < -0.39 is 153 Å². The molecule has 0 radical (unpaired) electrons.